The zero-order chi connectivity index (χ0) is 17.2. The molecule has 0 unspecified atom stereocenters. The zero-order valence-corrected chi connectivity index (χ0v) is 14.4. The van der Waals surface area contributed by atoms with Crippen molar-refractivity contribution in [1.82, 2.24) is 14.9 Å². The smallest absolute Gasteiger partial charge is 0.335 e. The summed E-state index contributed by atoms with van der Waals surface area (Å²) in [5.74, 6) is 0.133. The molecule has 3 aromatic rings. The van der Waals surface area contributed by atoms with Gasteiger partial charge in [-0.25, -0.2) is 14.8 Å². The van der Waals surface area contributed by atoms with Crippen molar-refractivity contribution in [1.29, 1.82) is 0 Å². The fourth-order valence-electron chi connectivity index (χ4n) is 3.21. The van der Waals surface area contributed by atoms with Crippen molar-refractivity contribution in [3.05, 3.63) is 53.2 Å². The van der Waals surface area contributed by atoms with Crippen LogP contribution in [-0.2, 0) is 6.54 Å². The average molecular weight is 354 g/mol. The van der Waals surface area contributed by atoms with Gasteiger partial charge in [0.1, 0.15) is 17.0 Å². The summed E-state index contributed by atoms with van der Waals surface area (Å²) >= 11 is 1.64. The number of anilines is 1. The minimum atomic E-state index is -0.879. The summed E-state index contributed by atoms with van der Waals surface area (Å²) in [5.41, 5.74) is 1.38. The van der Waals surface area contributed by atoms with Crippen LogP contribution in [0.3, 0.4) is 0 Å². The molecule has 0 spiro atoms. The maximum atomic E-state index is 11.1. The molecular formula is C18H18N4O2S. The number of thiophene rings is 1. The lowest BCUT2D eigenvalue weighted by Gasteiger charge is -2.35. The van der Waals surface area contributed by atoms with E-state index in [1.807, 2.05) is 12.1 Å². The van der Waals surface area contributed by atoms with Gasteiger partial charge in [-0.15, -0.1) is 11.3 Å². The van der Waals surface area contributed by atoms with Crippen LogP contribution in [0.5, 0.6) is 0 Å². The number of carboxylic acids is 1. The van der Waals surface area contributed by atoms with Crippen LogP contribution in [0.25, 0.3) is 10.2 Å². The lowest BCUT2D eigenvalue weighted by molar-refractivity contribution is 0.0696. The molecule has 4 rings (SSSR count). The van der Waals surface area contributed by atoms with Crippen LogP contribution in [0, 0.1) is 0 Å². The van der Waals surface area contributed by atoms with E-state index in [1.165, 1.54) is 0 Å². The van der Waals surface area contributed by atoms with Crippen molar-refractivity contribution >= 4 is 33.3 Å². The highest BCUT2D eigenvalue weighted by Crippen LogP contribution is 2.27. The van der Waals surface area contributed by atoms with Crippen LogP contribution < -0.4 is 4.90 Å². The summed E-state index contributed by atoms with van der Waals surface area (Å²) in [6.07, 6.45) is 1.64. The number of nitrogens with zero attached hydrogens (tertiary/aromatic N) is 4. The summed E-state index contributed by atoms with van der Waals surface area (Å²) < 4.78 is 0. The van der Waals surface area contributed by atoms with Gasteiger partial charge in [0.25, 0.3) is 0 Å². The number of rotatable bonds is 4. The lowest BCUT2D eigenvalue weighted by Crippen LogP contribution is -2.46. The number of carbonyl (C=O) groups is 1. The SMILES string of the molecule is O=C(O)c1cccc(CN2CCN(c3ncnc4sccc34)CC2)c1. The molecule has 6 nitrogen and oxygen atoms in total. The Morgan fingerprint density at radius 2 is 2.00 bits per heavy atom. The summed E-state index contributed by atoms with van der Waals surface area (Å²) in [6, 6.07) is 9.26. The molecule has 1 N–H and O–H groups in total. The fourth-order valence-corrected chi connectivity index (χ4v) is 3.93. The first-order valence-corrected chi connectivity index (χ1v) is 9.06. The van der Waals surface area contributed by atoms with Crippen LogP contribution in [0.4, 0.5) is 5.82 Å². The highest BCUT2D eigenvalue weighted by Gasteiger charge is 2.20. The minimum absolute atomic E-state index is 0.344. The molecule has 0 amide bonds. The zero-order valence-electron chi connectivity index (χ0n) is 13.6. The normalized spacial score (nSPS) is 15.6. The molecule has 128 valence electrons. The van der Waals surface area contributed by atoms with Crippen molar-refractivity contribution in [2.45, 2.75) is 6.54 Å². The number of aromatic nitrogens is 2. The number of hydrogen-bond acceptors (Lipinski definition) is 6. The molecule has 0 atom stereocenters. The average Bonchev–Trinajstić information content (AvgIpc) is 3.11. The first-order valence-electron chi connectivity index (χ1n) is 8.18. The van der Waals surface area contributed by atoms with Crippen LogP contribution in [0.1, 0.15) is 15.9 Å². The number of fused-ring (bicyclic) bond motifs is 1. The van der Waals surface area contributed by atoms with Crippen molar-refractivity contribution in [3.63, 3.8) is 0 Å². The molecule has 2 aromatic heterocycles. The Morgan fingerprint density at radius 3 is 2.80 bits per heavy atom. The van der Waals surface area contributed by atoms with E-state index in [9.17, 15) is 4.79 Å². The van der Waals surface area contributed by atoms with Crippen LogP contribution in [0.15, 0.2) is 42.0 Å². The Balaban J connectivity index is 1.42. The van der Waals surface area contributed by atoms with Crippen molar-refractivity contribution in [2.24, 2.45) is 0 Å². The Bertz CT molecular complexity index is 903. The molecule has 0 bridgehead atoms. The molecule has 0 radical (unpaired) electrons. The molecule has 1 aliphatic rings. The van der Waals surface area contributed by atoms with E-state index in [4.69, 9.17) is 5.11 Å². The predicted octanol–water partition coefficient (Wildman–Crippen LogP) is 2.71. The van der Waals surface area contributed by atoms with Crippen LogP contribution >= 0.6 is 11.3 Å². The maximum absolute atomic E-state index is 11.1. The molecule has 1 aliphatic heterocycles. The minimum Gasteiger partial charge on any atom is -0.478 e. The van der Waals surface area contributed by atoms with Gasteiger partial charge in [-0.3, -0.25) is 4.90 Å². The second-order valence-corrected chi connectivity index (χ2v) is 7.00. The van der Waals surface area contributed by atoms with Crippen molar-refractivity contribution < 1.29 is 9.90 Å². The molecule has 0 aliphatic carbocycles. The van der Waals surface area contributed by atoms with Crippen molar-refractivity contribution in [2.75, 3.05) is 31.1 Å². The maximum Gasteiger partial charge on any atom is 0.335 e. The number of benzene rings is 1. The summed E-state index contributed by atoms with van der Waals surface area (Å²) in [7, 11) is 0. The third kappa shape index (κ3) is 3.33. The van der Waals surface area contributed by atoms with Gasteiger partial charge in [-0.2, -0.15) is 0 Å². The molecule has 1 aromatic carbocycles. The predicted molar refractivity (Wildman–Crippen MR) is 98.3 cm³/mol. The van der Waals surface area contributed by atoms with Gasteiger partial charge in [-0.05, 0) is 29.1 Å². The number of carboxylic acid groups (broad SMARTS) is 1. The van der Waals surface area contributed by atoms with E-state index < -0.39 is 5.97 Å². The van der Waals surface area contributed by atoms with Gasteiger partial charge in [-0.1, -0.05) is 12.1 Å². The fraction of sp³-hybridized carbons (Fsp3) is 0.278. The molecule has 0 saturated carbocycles. The van der Waals surface area contributed by atoms with Gasteiger partial charge in [0.2, 0.25) is 0 Å². The van der Waals surface area contributed by atoms with Gasteiger partial charge in [0, 0.05) is 32.7 Å². The number of piperazine rings is 1. The number of aromatic carboxylic acids is 1. The monoisotopic (exact) mass is 354 g/mol. The van der Waals surface area contributed by atoms with Crippen LogP contribution in [-0.4, -0.2) is 52.1 Å². The summed E-state index contributed by atoms with van der Waals surface area (Å²) in [4.78, 5) is 25.6. The highest BCUT2D eigenvalue weighted by atomic mass is 32.1. The van der Waals surface area contributed by atoms with E-state index in [0.29, 0.717) is 5.56 Å². The summed E-state index contributed by atoms with van der Waals surface area (Å²) in [6.45, 7) is 4.42. The molecular weight excluding hydrogens is 336 g/mol. The van der Waals surface area contributed by atoms with E-state index in [1.54, 1.807) is 29.8 Å². The van der Waals surface area contributed by atoms with Gasteiger partial charge in [0.05, 0.1) is 10.9 Å². The first kappa shape index (κ1) is 16.0. The molecule has 7 heteroatoms. The Morgan fingerprint density at radius 1 is 1.16 bits per heavy atom. The molecule has 3 heterocycles. The van der Waals surface area contributed by atoms with E-state index in [2.05, 4.69) is 31.2 Å². The Kier molecular flexibility index (Phi) is 4.33. The van der Waals surface area contributed by atoms with E-state index in [0.717, 1.165) is 54.3 Å². The molecule has 25 heavy (non-hydrogen) atoms. The van der Waals surface area contributed by atoms with Crippen molar-refractivity contribution in [3.8, 4) is 0 Å². The van der Waals surface area contributed by atoms with Gasteiger partial charge >= 0.3 is 5.97 Å². The second kappa shape index (κ2) is 6.78. The second-order valence-electron chi connectivity index (χ2n) is 6.11. The number of hydrogen-bond donors (Lipinski definition) is 1. The standard InChI is InChI=1S/C18H18N4O2S/c23-18(24)14-3-1-2-13(10-14)11-21-5-7-22(8-6-21)16-15-4-9-25-17(15)20-12-19-16/h1-4,9-10,12H,5-8,11H2,(H,23,24). The largest absolute Gasteiger partial charge is 0.478 e. The molecule has 1 fully saturated rings. The quantitative estimate of drug-likeness (QED) is 0.777. The van der Waals surface area contributed by atoms with Gasteiger partial charge < -0.3 is 10.0 Å². The van der Waals surface area contributed by atoms with Crippen LogP contribution in [0.2, 0.25) is 0 Å². The van der Waals surface area contributed by atoms with E-state index >= 15 is 0 Å². The third-order valence-corrected chi connectivity index (χ3v) is 5.31. The lowest BCUT2D eigenvalue weighted by atomic mass is 10.1. The van der Waals surface area contributed by atoms with E-state index in [-0.39, 0.29) is 0 Å². The third-order valence-electron chi connectivity index (χ3n) is 4.49. The first-order chi connectivity index (χ1) is 12.2. The van der Waals surface area contributed by atoms with Gasteiger partial charge in [0.15, 0.2) is 0 Å². The molecule has 1 saturated heterocycles. The Labute approximate surface area is 149 Å². The summed E-state index contributed by atoms with van der Waals surface area (Å²) in [5, 5.41) is 12.3. The topological polar surface area (TPSA) is 69.6 Å². The highest BCUT2D eigenvalue weighted by molar-refractivity contribution is 7.16. The Hall–Kier alpha value is -2.51.